The molecule has 0 spiro atoms. The molecular weight excluding hydrogens is 413 g/mol. The fraction of sp³-hybridized carbons (Fsp3) is 0.632. The zero-order valence-electron chi connectivity index (χ0n) is 14.8. The van der Waals surface area contributed by atoms with Crippen molar-refractivity contribution in [2.75, 3.05) is 32.8 Å². The number of nitrogens with one attached hydrogen (secondary N) is 1. The zero-order valence-corrected chi connectivity index (χ0v) is 17.2. The van der Waals surface area contributed by atoms with Crippen LogP contribution >= 0.6 is 24.0 Å². The summed E-state index contributed by atoms with van der Waals surface area (Å²) in [7, 11) is 0. The normalized spacial score (nSPS) is 21.5. The van der Waals surface area contributed by atoms with Gasteiger partial charge in [0, 0.05) is 32.1 Å². The lowest BCUT2D eigenvalue weighted by atomic mass is 9.93. The lowest BCUT2D eigenvalue weighted by Gasteiger charge is -2.33. The van der Waals surface area contributed by atoms with Crippen molar-refractivity contribution in [1.29, 1.82) is 0 Å². The third-order valence-electron chi connectivity index (χ3n) is 4.96. The van der Waals surface area contributed by atoms with Crippen LogP contribution in [-0.2, 0) is 0 Å². The van der Waals surface area contributed by atoms with E-state index in [9.17, 15) is 0 Å². The number of piperidine rings is 1. The first-order valence-corrected chi connectivity index (χ1v) is 9.03. The third-order valence-corrected chi connectivity index (χ3v) is 4.96. The lowest BCUT2D eigenvalue weighted by Crippen LogP contribution is -2.45. The zero-order chi connectivity index (χ0) is 16.1. The van der Waals surface area contributed by atoms with Crippen LogP contribution in [0.1, 0.15) is 44.6 Å². The molecule has 1 atom stereocenters. The van der Waals surface area contributed by atoms with Crippen molar-refractivity contribution in [2.45, 2.75) is 39.0 Å². The number of benzene rings is 1. The second kappa shape index (κ2) is 9.49. The minimum Gasteiger partial charge on any atom is -0.493 e. The van der Waals surface area contributed by atoms with Crippen molar-refractivity contribution in [3.8, 4) is 5.75 Å². The Hall–Kier alpha value is -0.980. The van der Waals surface area contributed by atoms with Gasteiger partial charge >= 0.3 is 0 Å². The number of aliphatic imine (C=N–C) groups is 1. The van der Waals surface area contributed by atoms with Gasteiger partial charge in [-0.2, -0.15) is 0 Å². The number of hydrogen-bond donors (Lipinski definition) is 1. The third kappa shape index (κ3) is 4.77. The van der Waals surface area contributed by atoms with E-state index in [2.05, 4.69) is 42.3 Å². The summed E-state index contributed by atoms with van der Waals surface area (Å²) in [5.41, 5.74) is 1.31. The number of nitrogens with zero attached hydrogens (tertiary/aromatic N) is 2. The Balaban J connectivity index is 0.00000208. The summed E-state index contributed by atoms with van der Waals surface area (Å²) < 4.78 is 5.76. The van der Waals surface area contributed by atoms with Crippen LogP contribution in [0.5, 0.6) is 5.75 Å². The van der Waals surface area contributed by atoms with E-state index in [1.54, 1.807) is 0 Å². The highest BCUT2D eigenvalue weighted by Gasteiger charge is 2.22. The maximum atomic E-state index is 5.76. The van der Waals surface area contributed by atoms with Gasteiger partial charge < -0.3 is 15.0 Å². The Morgan fingerprint density at radius 1 is 1.25 bits per heavy atom. The van der Waals surface area contributed by atoms with E-state index in [1.807, 2.05) is 6.07 Å². The van der Waals surface area contributed by atoms with E-state index in [-0.39, 0.29) is 24.0 Å². The van der Waals surface area contributed by atoms with Gasteiger partial charge in [0.2, 0.25) is 0 Å². The van der Waals surface area contributed by atoms with Crippen molar-refractivity contribution in [3.63, 3.8) is 0 Å². The molecule has 134 valence electrons. The molecule has 4 nitrogen and oxygen atoms in total. The van der Waals surface area contributed by atoms with Gasteiger partial charge in [0.25, 0.3) is 0 Å². The average molecular weight is 443 g/mol. The fourth-order valence-corrected chi connectivity index (χ4v) is 3.45. The fourth-order valence-electron chi connectivity index (χ4n) is 3.45. The largest absolute Gasteiger partial charge is 0.493 e. The van der Waals surface area contributed by atoms with Crippen LogP contribution in [0.3, 0.4) is 0 Å². The predicted octanol–water partition coefficient (Wildman–Crippen LogP) is 3.87. The summed E-state index contributed by atoms with van der Waals surface area (Å²) in [4.78, 5) is 7.39. The van der Waals surface area contributed by atoms with Crippen LogP contribution in [-0.4, -0.2) is 43.6 Å². The average Bonchev–Trinajstić information content (AvgIpc) is 2.59. The monoisotopic (exact) mass is 443 g/mol. The summed E-state index contributed by atoms with van der Waals surface area (Å²) in [5, 5.41) is 3.48. The van der Waals surface area contributed by atoms with Crippen molar-refractivity contribution in [2.24, 2.45) is 10.9 Å². The molecule has 0 aliphatic carbocycles. The number of likely N-dealkylation sites (tertiary alicyclic amines) is 1. The first-order chi connectivity index (χ1) is 11.3. The Bertz CT molecular complexity index is 541. The molecule has 0 bridgehead atoms. The highest BCUT2D eigenvalue weighted by molar-refractivity contribution is 14.0. The van der Waals surface area contributed by atoms with Crippen LogP contribution in [0.15, 0.2) is 29.3 Å². The SMILES string of the molecule is CCNC(=NCC1CCOc2ccccc21)N1CCC(C)CC1.I. The second-order valence-electron chi connectivity index (χ2n) is 6.74. The molecule has 2 heterocycles. The van der Waals surface area contributed by atoms with Gasteiger partial charge in [-0.1, -0.05) is 25.1 Å². The molecule has 2 aliphatic rings. The summed E-state index contributed by atoms with van der Waals surface area (Å²) in [5.74, 6) is 3.44. The van der Waals surface area contributed by atoms with E-state index in [1.165, 1.54) is 18.4 Å². The quantitative estimate of drug-likeness (QED) is 0.438. The number of rotatable bonds is 3. The molecular formula is C19H30IN3O. The Morgan fingerprint density at radius 3 is 2.75 bits per heavy atom. The van der Waals surface area contributed by atoms with Crippen molar-refractivity contribution >= 4 is 29.9 Å². The van der Waals surface area contributed by atoms with Gasteiger partial charge in [0.15, 0.2) is 5.96 Å². The van der Waals surface area contributed by atoms with Crippen molar-refractivity contribution < 1.29 is 4.74 Å². The highest BCUT2D eigenvalue weighted by Crippen LogP contribution is 2.33. The smallest absolute Gasteiger partial charge is 0.193 e. The molecule has 0 radical (unpaired) electrons. The molecule has 1 fully saturated rings. The number of fused-ring (bicyclic) bond motifs is 1. The molecule has 0 aromatic heterocycles. The van der Waals surface area contributed by atoms with Gasteiger partial charge in [-0.05, 0) is 43.7 Å². The van der Waals surface area contributed by atoms with Crippen LogP contribution in [0, 0.1) is 5.92 Å². The number of para-hydroxylation sites is 1. The molecule has 0 saturated carbocycles. The molecule has 1 N–H and O–H groups in total. The molecule has 24 heavy (non-hydrogen) atoms. The van der Waals surface area contributed by atoms with Gasteiger partial charge in [0.1, 0.15) is 5.75 Å². The maximum absolute atomic E-state index is 5.76. The van der Waals surface area contributed by atoms with E-state index in [4.69, 9.17) is 9.73 Å². The molecule has 0 amide bonds. The van der Waals surface area contributed by atoms with Crippen LogP contribution in [0.25, 0.3) is 0 Å². The summed E-state index contributed by atoms with van der Waals surface area (Å²) in [6.45, 7) is 9.31. The first-order valence-electron chi connectivity index (χ1n) is 9.03. The number of halogens is 1. The van der Waals surface area contributed by atoms with Crippen LogP contribution < -0.4 is 10.1 Å². The summed E-state index contributed by atoms with van der Waals surface area (Å²) in [6.07, 6.45) is 3.59. The molecule has 2 aliphatic heterocycles. The second-order valence-corrected chi connectivity index (χ2v) is 6.74. The van der Waals surface area contributed by atoms with Gasteiger partial charge in [-0.3, -0.25) is 4.99 Å². The molecule has 3 rings (SSSR count). The highest BCUT2D eigenvalue weighted by atomic mass is 127. The van der Waals surface area contributed by atoms with Crippen LogP contribution in [0.4, 0.5) is 0 Å². The molecule has 1 aromatic rings. The van der Waals surface area contributed by atoms with Crippen molar-refractivity contribution in [1.82, 2.24) is 10.2 Å². The minimum atomic E-state index is 0. The summed E-state index contributed by atoms with van der Waals surface area (Å²) in [6, 6.07) is 8.40. The van der Waals surface area contributed by atoms with E-state index >= 15 is 0 Å². The molecule has 1 saturated heterocycles. The molecule has 1 aromatic carbocycles. The Morgan fingerprint density at radius 2 is 2.00 bits per heavy atom. The lowest BCUT2D eigenvalue weighted by molar-refractivity contribution is 0.265. The van der Waals surface area contributed by atoms with Gasteiger partial charge in [-0.15, -0.1) is 24.0 Å². The van der Waals surface area contributed by atoms with E-state index in [0.717, 1.165) is 56.8 Å². The van der Waals surface area contributed by atoms with Gasteiger partial charge in [0.05, 0.1) is 6.61 Å². The molecule has 1 unspecified atom stereocenters. The van der Waals surface area contributed by atoms with Crippen molar-refractivity contribution in [3.05, 3.63) is 29.8 Å². The standard InChI is InChI=1S/C19H29N3O.HI/c1-3-20-19(22-11-8-15(2)9-12-22)21-14-16-10-13-23-18-7-5-4-6-17(16)18;/h4-7,15-16H,3,8-14H2,1-2H3,(H,20,21);1H. The Labute approximate surface area is 163 Å². The maximum Gasteiger partial charge on any atom is 0.193 e. The van der Waals surface area contributed by atoms with E-state index in [0.29, 0.717) is 5.92 Å². The van der Waals surface area contributed by atoms with Gasteiger partial charge in [-0.25, -0.2) is 0 Å². The predicted molar refractivity (Wildman–Crippen MR) is 111 cm³/mol. The number of hydrogen-bond acceptors (Lipinski definition) is 2. The summed E-state index contributed by atoms with van der Waals surface area (Å²) >= 11 is 0. The number of guanidine groups is 1. The topological polar surface area (TPSA) is 36.9 Å². The number of ether oxygens (including phenoxy) is 1. The first kappa shape index (κ1) is 19.3. The Kier molecular flexibility index (Phi) is 7.65. The minimum absolute atomic E-state index is 0. The van der Waals surface area contributed by atoms with E-state index < -0.39 is 0 Å². The van der Waals surface area contributed by atoms with Crippen LogP contribution in [0.2, 0.25) is 0 Å². The molecule has 5 heteroatoms.